The van der Waals surface area contributed by atoms with Gasteiger partial charge in [-0.1, -0.05) is 0 Å². The molecule has 0 saturated heterocycles. The number of ether oxygens (including phenoxy) is 2. The van der Waals surface area contributed by atoms with Gasteiger partial charge in [-0.05, 0) is 25.4 Å². The fourth-order valence-corrected chi connectivity index (χ4v) is 1.55. The fourth-order valence-electron chi connectivity index (χ4n) is 1.40. The smallest absolute Gasteiger partial charge is 0.322 e. The average Bonchev–Trinajstić information content (AvgIpc) is 2.36. The van der Waals surface area contributed by atoms with Crippen LogP contribution in [0, 0.1) is 0 Å². The molecular formula is C11H19ClN4O2. The first-order chi connectivity index (χ1) is 8.71. The molecule has 0 aliphatic rings. The van der Waals surface area contributed by atoms with Crippen LogP contribution in [0.15, 0.2) is 0 Å². The number of hydrogen-bond donors (Lipinski definition) is 0. The molecule has 0 N–H and O–H groups in total. The average molecular weight is 275 g/mol. The lowest BCUT2D eigenvalue weighted by molar-refractivity contribution is 0.168. The van der Waals surface area contributed by atoms with Gasteiger partial charge in [0.25, 0.3) is 0 Å². The van der Waals surface area contributed by atoms with E-state index in [9.17, 15) is 0 Å². The molecule has 0 bridgehead atoms. The van der Waals surface area contributed by atoms with Crippen LogP contribution in [0.4, 0.5) is 5.95 Å². The maximum atomic E-state index is 5.85. The number of hydrogen-bond acceptors (Lipinski definition) is 6. The summed E-state index contributed by atoms with van der Waals surface area (Å²) < 4.78 is 10.3. The molecule has 102 valence electrons. The van der Waals surface area contributed by atoms with Gasteiger partial charge in [0, 0.05) is 33.2 Å². The van der Waals surface area contributed by atoms with Crippen molar-refractivity contribution in [3.8, 4) is 6.01 Å². The molecule has 7 heteroatoms. The van der Waals surface area contributed by atoms with Crippen LogP contribution in [0.2, 0.25) is 5.28 Å². The van der Waals surface area contributed by atoms with Crippen molar-refractivity contribution in [3.05, 3.63) is 5.28 Å². The third kappa shape index (κ3) is 4.62. The zero-order chi connectivity index (χ0) is 13.4. The summed E-state index contributed by atoms with van der Waals surface area (Å²) in [6.45, 7) is 6.80. The molecule has 1 heterocycles. The SMILES string of the molecule is CCN(CC)c1nc(Cl)nc(OCCCOC)n1. The molecule has 0 atom stereocenters. The lowest BCUT2D eigenvalue weighted by atomic mass is 10.5. The van der Waals surface area contributed by atoms with Crippen molar-refractivity contribution in [2.45, 2.75) is 20.3 Å². The normalized spacial score (nSPS) is 10.4. The number of anilines is 1. The second-order valence-electron chi connectivity index (χ2n) is 3.55. The topological polar surface area (TPSA) is 60.4 Å². The van der Waals surface area contributed by atoms with Crippen LogP contribution >= 0.6 is 11.6 Å². The Morgan fingerprint density at radius 1 is 1.11 bits per heavy atom. The molecule has 6 nitrogen and oxygen atoms in total. The number of aromatic nitrogens is 3. The Bertz CT molecular complexity index is 361. The molecule has 1 rings (SSSR count). The number of rotatable bonds is 8. The third-order valence-electron chi connectivity index (χ3n) is 2.35. The van der Waals surface area contributed by atoms with Crippen molar-refractivity contribution in [3.63, 3.8) is 0 Å². The second kappa shape index (κ2) is 8.05. The van der Waals surface area contributed by atoms with Gasteiger partial charge in [0.15, 0.2) is 0 Å². The van der Waals surface area contributed by atoms with Crippen molar-refractivity contribution in [1.82, 2.24) is 15.0 Å². The van der Waals surface area contributed by atoms with Gasteiger partial charge in [0.05, 0.1) is 6.61 Å². The summed E-state index contributed by atoms with van der Waals surface area (Å²) in [4.78, 5) is 14.2. The molecule has 0 fully saturated rings. The molecular weight excluding hydrogens is 256 g/mol. The second-order valence-corrected chi connectivity index (χ2v) is 3.89. The number of methoxy groups -OCH3 is 1. The van der Waals surface area contributed by atoms with E-state index in [0.717, 1.165) is 19.5 Å². The maximum absolute atomic E-state index is 5.85. The molecule has 0 aliphatic heterocycles. The summed E-state index contributed by atoms with van der Waals surface area (Å²) in [6, 6.07) is 0.257. The Morgan fingerprint density at radius 2 is 1.83 bits per heavy atom. The van der Waals surface area contributed by atoms with Gasteiger partial charge in [-0.25, -0.2) is 0 Å². The maximum Gasteiger partial charge on any atom is 0.322 e. The standard InChI is InChI=1S/C11H19ClN4O2/c1-4-16(5-2)10-13-9(12)14-11(15-10)18-8-6-7-17-3/h4-8H2,1-3H3. The molecule has 0 unspecified atom stereocenters. The van der Waals surface area contributed by atoms with Crippen LogP contribution in [0.1, 0.15) is 20.3 Å². The van der Waals surface area contributed by atoms with Crippen molar-refractivity contribution in [2.24, 2.45) is 0 Å². The predicted molar refractivity (Wildman–Crippen MR) is 70.4 cm³/mol. The Kier molecular flexibility index (Phi) is 6.67. The van der Waals surface area contributed by atoms with Crippen molar-refractivity contribution < 1.29 is 9.47 Å². The molecule has 18 heavy (non-hydrogen) atoms. The third-order valence-corrected chi connectivity index (χ3v) is 2.52. The minimum Gasteiger partial charge on any atom is -0.463 e. The lowest BCUT2D eigenvalue weighted by Gasteiger charge is -2.18. The Hall–Kier alpha value is -1.14. The largest absolute Gasteiger partial charge is 0.463 e. The van der Waals surface area contributed by atoms with Crippen LogP contribution in [0.5, 0.6) is 6.01 Å². The molecule has 1 aromatic rings. The zero-order valence-electron chi connectivity index (χ0n) is 11.0. The van der Waals surface area contributed by atoms with Crippen molar-refractivity contribution in [2.75, 3.05) is 38.3 Å². The Balaban J connectivity index is 2.68. The monoisotopic (exact) mass is 274 g/mol. The van der Waals surface area contributed by atoms with Gasteiger partial charge in [-0.2, -0.15) is 15.0 Å². The van der Waals surface area contributed by atoms with Crippen LogP contribution in [0.25, 0.3) is 0 Å². The molecule has 0 radical (unpaired) electrons. The molecule has 0 aliphatic carbocycles. The predicted octanol–water partition coefficient (Wildman–Crippen LogP) is 1.79. The highest BCUT2D eigenvalue weighted by molar-refractivity contribution is 6.28. The fraction of sp³-hybridized carbons (Fsp3) is 0.727. The highest BCUT2D eigenvalue weighted by atomic mass is 35.5. The molecule has 0 aromatic carbocycles. The van der Waals surface area contributed by atoms with E-state index >= 15 is 0 Å². The van der Waals surface area contributed by atoms with Gasteiger partial charge in [-0.3, -0.25) is 0 Å². The zero-order valence-corrected chi connectivity index (χ0v) is 11.8. The Morgan fingerprint density at radius 3 is 2.44 bits per heavy atom. The van der Waals surface area contributed by atoms with Gasteiger partial charge < -0.3 is 14.4 Å². The van der Waals surface area contributed by atoms with Crippen LogP contribution < -0.4 is 9.64 Å². The highest BCUT2D eigenvalue weighted by Gasteiger charge is 2.10. The molecule has 1 aromatic heterocycles. The summed E-state index contributed by atoms with van der Waals surface area (Å²) in [5.74, 6) is 0.543. The van der Waals surface area contributed by atoms with E-state index in [0.29, 0.717) is 19.2 Å². The van der Waals surface area contributed by atoms with Crippen LogP contribution in [-0.4, -0.2) is 48.4 Å². The van der Waals surface area contributed by atoms with E-state index in [-0.39, 0.29) is 11.3 Å². The van der Waals surface area contributed by atoms with E-state index in [1.54, 1.807) is 7.11 Å². The first-order valence-electron chi connectivity index (χ1n) is 5.99. The highest BCUT2D eigenvalue weighted by Crippen LogP contribution is 2.14. The number of nitrogens with zero attached hydrogens (tertiary/aromatic N) is 4. The lowest BCUT2D eigenvalue weighted by Crippen LogP contribution is -2.24. The van der Waals surface area contributed by atoms with E-state index in [4.69, 9.17) is 21.1 Å². The Labute approximate surface area is 112 Å². The van der Waals surface area contributed by atoms with Gasteiger partial charge >= 0.3 is 6.01 Å². The van der Waals surface area contributed by atoms with Gasteiger partial charge in [0.2, 0.25) is 11.2 Å². The first kappa shape index (κ1) is 14.9. The van der Waals surface area contributed by atoms with Crippen molar-refractivity contribution in [1.29, 1.82) is 0 Å². The summed E-state index contributed by atoms with van der Waals surface area (Å²) >= 11 is 5.85. The minimum atomic E-state index is 0.147. The van der Waals surface area contributed by atoms with Crippen LogP contribution in [-0.2, 0) is 4.74 Å². The van der Waals surface area contributed by atoms with E-state index < -0.39 is 0 Å². The first-order valence-corrected chi connectivity index (χ1v) is 6.37. The summed E-state index contributed by atoms with van der Waals surface area (Å²) in [5, 5.41) is 0.147. The van der Waals surface area contributed by atoms with E-state index in [2.05, 4.69) is 15.0 Å². The minimum absolute atomic E-state index is 0.147. The molecule has 0 amide bonds. The summed E-state index contributed by atoms with van der Waals surface area (Å²) in [6.07, 6.45) is 0.778. The van der Waals surface area contributed by atoms with Crippen LogP contribution in [0.3, 0.4) is 0 Å². The summed E-state index contributed by atoms with van der Waals surface area (Å²) in [7, 11) is 1.65. The van der Waals surface area contributed by atoms with Crippen molar-refractivity contribution >= 4 is 17.5 Å². The van der Waals surface area contributed by atoms with E-state index in [1.807, 2.05) is 18.7 Å². The van der Waals surface area contributed by atoms with E-state index in [1.165, 1.54) is 0 Å². The number of halogens is 1. The van der Waals surface area contributed by atoms with Gasteiger partial charge in [-0.15, -0.1) is 0 Å². The quantitative estimate of drug-likeness (QED) is 0.674. The summed E-state index contributed by atoms with van der Waals surface area (Å²) in [5.41, 5.74) is 0. The molecule has 0 saturated carbocycles. The molecule has 0 spiro atoms. The van der Waals surface area contributed by atoms with Gasteiger partial charge in [0.1, 0.15) is 0 Å².